The number of aliphatic hydroxyl groups excluding tert-OH is 1. The SMILES string of the molecule is CCCCCCCC(O)CCCCN. The molecule has 0 spiro atoms. The first-order chi connectivity index (χ1) is 6.81. The van der Waals surface area contributed by atoms with Crippen molar-refractivity contribution in [2.75, 3.05) is 6.54 Å². The second-order valence-electron chi connectivity index (χ2n) is 4.14. The summed E-state index contributed by atoms with van der Waals surface area (Å²) in [6.07, 6.45) is 10.4. The van der Waals surface area contributed by atoms with Gasteiger partial charge in [-0.3, -0.25) is 0 Å². The highest BCUT2D eigenvalue weighted by Gasteiger charge is 2.02. The number of hydrogen-bond acceptors (Lipinski definition) is 2. The molecule has 0 aliphatic heterocycles. The number of hydrogen-bond donors (Lipinski definition) is 2. The Morgan fingerprint density at radius 2 is 1.50 bits per heavy atom. The van der Waals surface area contributed by atoms with Crippen molar-refractivity contribution in [3.63, 3.8) is 0 Å². The van der Waals surface area contributed by atoms with Crippen molar-refractivity contribution in [3.05, 3.63) is 0 Å². The Hall–Kier alpha value is -0.0800. The lowest BCUT2D eigenvalue weighted by molar-refractivity contribution is 0.147. The van der Waals surface area contributed by atoms with Crippen LogP contribution in [0.25, 0.3) is 0 Å². The highest BCUT2D eigenvalue weighted by Crippen LogP contribution is 2.10. The molecule has 1 atom stereocenters. The van der Waals surface area contributed by atoms with E-state index >= 15 is 0 Å². The molecule has 0 saturated carbocycles. The van der Waals surface area contributed by atoms with E-state index in [1.165, 1.54) is 32.1 Å². The minimum Gasteiger partial charge on any atom is -0.393 e. The Balaban J connectivity index is 3.06. The molecule has 0 aromatic rings. The van der Waals surface area contributed by atoms with Crippen molar-refractivity contribution in [3.8, 4) is 0 Å². The van der Waals surface area contributed by atoms with Crippen LogP contribution < -0.4 is 5.73 Å². The van der Waals surface area contributed by atoms with Crippen LogP contribution in [0, 0.1) is 0 Å². The first kappa shape index (κ1) is 13.9. The van der Waals surface area contributed by atoms with Crippen LogP contribution in [0.4, 0.5) is 0 Å². The lowest BCUT2D eigenvalue weighted by Gasteiger charge is -2.09. The molecule has 2 heteroatoms. The van der Waals surface area contributed by atoms with E-state index in [1.54, 1.807) is 0 Å². The largest absolute Gasteiger partial charge is 0.393 e. The highest BCUT2D eigenvalue weighted by molar-refractivity contribution is 4.56. The van der Waals surface area contributed by atoms with Gasteiger partial charge in [-0.15, -0.1) is 0 Å². The minimum atomic E-state index is -0.0804. The normalized spacial score (nSPS) is 13.1. The number of nitrogens with two attached hydrogens (primary N) is 1. The fraction of sp³-hybridized carbons (Fsp3) is 1.00. The summed E-state index contributed by atoms with van der Waals surface area (Å²) in [5.41, 5.74) is 5.39. The quantitative estimate of drug-likeness (QED) is 0.534. The number of aliphatic hydroxyl groups is 1. The third-order valence-electron chi connectivity index (χ3n) is 2.63. The van der Waals surface area contributed by atoms with Gasteiger partial charge in [-0.2, -0.15) is 0 Å². The molecule has 2 nitrogen and oxygen atoms in total. The molecule has 0 aromatic carbocycles. The molecule has 0 bridgehead atoms. The first-order valence-corrected chi connectivity index (χ1v) is 6.19. The van der Waals surface area contributed by atoms with Gasteiger partial charge in [0, 0.05) is 0 Å². The fourth-order valence-electron chi connectivity index (χ4n) is 1.65. The van der Waals surface area contributed by atoms with E-state index < -0.39 is 0 Å². The fourth-order valence-corrected chi connectivity index (χ4v) is 1.65. The van der Waals surface area contributed by atoms with E-state index in [1.807, 2.05) is 0 Å². The maximum Gasteiger partial charge on any atom is 0.0540 e. The number of rotatable bonds is 10. The molecule has 0 saturated heterocycles. The molecular formula is C12H27NO. The molecule has 0 aliphatic rings. The van der Waals surface area contributed by atoms with Crippen LogP contribution in [-0.2, 0) is 0 Å². The van der Waals surface area contributed by atoms with E-state index in [9.17, 15) is 5.11 Å². The summed E-state index contributed by atoms with van der Waals surface area (Å²) in [4.78, 5) is 0. The Labute approximate surface area is 88.9 Å². The van der Waals surface area contributed by atoms with Crippen molar-refractivity contribution in [1.29, 1.82) is 0 Å². The molecule has 14 heavy (non-hydrogen) atoms. The Morgan fingerprint density at radius 3 is 2.07 bits per heavy atom. The number of unbranched alkanes of at least 4 members (excludes halogenated alkanes) is 5. The lowest BCUT2D eigenvalue weighted by Crippen LogP contribution is -2.07. The summed E-state index contributed by atoms with van der Waals surface area (Å²) in [5, 5.41) is 9.59. The highest BCUT2D eigenvalue weighted by atomic mass is 16.3. The zero-order valence-electron chi connectivity index (χ0n) is 9.67. The van der Waals surface area contributed by atoms with Gasteiger partial charge in [0.15, 0.2) is 0 Å². The van der Waals surface area contributed by atoms with E-state index in [4.69, 9.17) is 5.73 Å². The molecule has 86 valence electrons. The van der Waals surface area contributed by atoms with E-state index in [2.05, 4.69) is 6.92 Å². The molecule has 0 radical (unpaired) electrons. The van der Waals surface area contributed by atoms with Crippen LogP contribution in [0.1, 0.15) is 64.7 Å². The molecule has 0 aliphatic carbocycles. The van der Waals surface area contributed by atoms with Crippen molar-refractivity contribution < 1.29 is 5.11 Å². The summed E-state index contributed by atoms with van der Waals surface area (Å²) in [6, 6.07) is 0. The topological polar surface area (TPSA) is 46.2 Å². The maximum atomic E-state index is 9.59. The van der Waals surface area contributed by atoms with Gasteiger partial charge in [-0.1, -0.05) is 39.0 Å². The zero-order chi connectivity index (χ0) is 10.6. The summed E-state index contributed by atoms with van der Waals surface area (Å²) in [7, 11) is 0. The van der Waals surface area contributed by atoms with Gasteiger partial charge in [0.2, 0.25) is 0 Å². The molecule has 0 amide bonds. The molecule has 3 N–H and O–H groups in total. The van der Waals surface area contributed by atoms with Gasteiger partial charge in [-0.25, -0.2) is 0 Å². The van der Waals surface area contributed by atoms with Gasteiger partial charge in [0.25, 0.3) is 0 Å². The molecule has 0 heterocycles. The third kappa shape index (κ3) is 10.0. The Bertz CT molecular complexity index is 106. The predicted octanol–water partition coefficient (Wildman–Crippen LogP) is 2.84. The standard InChI is InChI=1S/C12H27NO/c1-2-3-4-5-6-9-12(14)10-7-8-11-13/h12,14H,2-11,13H2,1H3. The average Bonchev–Trinajstić information content (AvgIpc) is 2.18. The lowest BCUT2D eigenvalue weighted by atomic mass is 10.0. The van der Waals surface area contributed by atoms with E-state index in [-0.39, 0.29) is 6.10 Å². The molecular weight excluding hydrogens is 174 g/mol. The zero-order valence-corrected chi connectivity index (χ0v) is 9.67. The van der Waals surface area contributed by atoms with E-state index in [0.717, 1.165) is 32.2 Å². The van der Waals surface area contributed by atoms with Crippen LogP contribution in [0.5, 0.6) is 0 Å². The molecule has 0 rings (SSSR count). The maximum absolute atomic E-state index is 9.59. The summed E-state index contributed by atoms with van der Waals surface area (Å²) in [6.45, 7) is 2.98. The monoisotopic (exact) mass is 201 g/mol. The summed E-state index contributed by atoms with van der Waals surface area (Å²) < 4.78 is 0. The van der Waals surface area contributed by atoms with Gasteiger partial charge < -0.3 is 10.8 Å². The van der Waals surface area contributed by atoms with Gasteiger partial charge >= 0.3 is 0 Å². The second-order valence-corrected chi connectivity index (χ2v) is 4.14. The van der Waals surface area contributed by atoms with Crippen LogP contribution >= 0.6 is 0 Å². The van der Waals surface area contributed by atoms with Crippen LogP contribution in [-0.4, -0.2) is 17.8 Å². The van der Waals surface area contributed by atoms with Crippen LogP contribution in [0.3, 0.4) is 0 Å². The Kier molecular flexibility index (Phi) is 10.9. The first-order valence-electron chi connectivity index (χ1n) is 6.19. The minimum absolute atomic E-state index is 0.0804. The molecule has 1 unspecified atom stereocenters. The van der Waals surface area contributed by atoms with Crippen molar-refractivity contribution >= 4 is 0 Å². The van der Waals surface area contributed by atoms with Crippen LogP contribution in [0.2, 0.25) is 0 Å². The molecule has 0 aromatic heterocycles. The van der Waals surface area contributed by atoms with Crippen molar-refractivity contribution in [2.24, 2.45) is 5.73 Å². The Morgan fingerprint density at radius 1 is 0.929 bits per heavy atom. The second kappa shape index (κ2) is 11.0. The predicted molar refractivity (Wildman–Crippen MR) is 62.3 cm³/mol. The molecule has 0 fully saturated rings. The van der Waals surface area contributed by atoms with Crippen molar-refractivity contribution in [1.82, 2.24) is 0 Å². The smallest absolute Gasteiger partial charge is 0.0540 e. The van der Waals surface area contributed by atoms with Crippen LogP contribution in [0.15, 0.2) is 0 Å². The van der Waals surface area contributed by atoms with Gasteiger partial charge in [0.05, 0.1) is 6.10 Å². The summed E-state index contributed by atoms with van der Waals surface area (Å²) in [5.74, 6) is 0. The average molecular weight is 201 g/mol. The van der Waals surface area contributed by atoms with Gasteiger partial charge in [-0.05, 0) is 32.2 Å². The summed E-state index contributed by atoms with van der Waals surface area (Å²) >= 11 is 0. The van der Waals surface area contributed by atoms with Crippen molar-refractivity contribution in [2.45, 2.75) is 70.8 Å². The van der Waals surface area contributed by atoms with E-state index in [0.29, 0.717) is 0 Å². The third-order valence-corrected chi connectivity index (χ3v) is 2.63. The van der Waals surface area contributed by atoms with Gasteiger partial charge in [0.1, 0.15) is 0 Å².